The number of aromatic nitrogens is 2. The van der Waals surface area contributed by atoms with Gasteiger partial charge in [-0.3, -0.25) is 0 Å². The van der Waals surface area contributed by atoms with Crippen molar-refractivity contribution >= 4 is 29.0 Å². The highest BCUT2D eigenvalue weighted by Gasteiger charge is 2.29. The van der Waals surface area contributed by atoms with Gasteiger partial charge in [-0.15, -0.1) is 0 Å². The molecule has 1 aromatic carbocycles. The van der Waals surface area contributed by atoms with Gasteiger partial charge in [-0.05, 0) is 57.8 Å². The predicted octanol–water partition coefficient (Wildman–Crippen LogP) is 4.74. The van der Waals surface area contributed by atoms with Crippen LogP contribution in [0.25, 0.3) is 5.69 Å². The maximum absolute atomic E-state index is 6.50. The highest BCUT2D eigenvalue weighted by atomic mass is 35.5. The van der Waals surface area contributed by atoms with Gasteiger partial charge in [0.05, 0.1) is 21.4 Å². The molecule has 4 rings (SSSR count). The number of nitrogens with zero attached hydrogens (tertiary/aromatic N) is 3. The first-order valence-corrected chi connectivity index (χ1v) is 9.89. The summed E-state index contributed by atoms with van der Waals surface area (Å²) in [6.45, 7) is 3.23. The first-order chi connectivity index (χ1) is 12.1. The van der Waals surface area contributed by atoms with Crippen molar-refractivity contribution in [1.29, 1.82) is 0 Å². The van der Waals surface area contributed by atoms with Gasteiger partial charge >= 0.3 is 0 Å². The van der Waals surface area contributed by atoms with Crippen LogP contribution in [0.5, 0.6) is 0 Å². The predicted molar refractivity (Wildman–Crippen MR) is 104 cm³/mol. The topological polar surface area (TPSA) is 33.1 Å². The monoisotopic (exact) mass is 378 g/mol. The van der Waals surface area contributed by atoms with Crippen LogP contribution in [-0.2, 0) is 6.42 Å². The van der Waals surface area contributed by atoms with Gasteiger partial charge in [0.25, 0.3) is 0 Å². The number of fused-ring (bicyclic) bond motifs is 1. The zero-order valence-electron chi connectivity index (χ0n) is 14.6. The fraction of sp³-hybridized carbons (Fsp3) is 0.526. The second kappa shape index (κ2) is 7.18. The summed E-state index contributed by atoms with van der Waals surface area (Å²) < 4.78 is 1.98. The van der Waals surface area contributed by atoms with E-state index in [0.717, 1.165) is 31.0 Å². The third-order valence-electron chi connectivity index (χ3n) is 5.33. The number of nitrogens with one attached hydrogen (secondary N) is 1. The molecule has 1 fully saturated rings. The van der Waals surface area contributed by atoms with Gasteiger partial charge in [-0.25, -0.2) is 4.68 Å². The summed E-state index contributed by atoms with van der Waals surface area (Å²) in [5.74, 6) is 1.59. The minimum atomic E-state index is 0.492. The van der Waals surface area contributed by atoms with Crippen LogP contribution >= 0.6 is 23.2 Å². The van der Waals surface area contributed by atoms with Crippen LogP contribution in [0.1, 0.15) is 42.9 Å². The average Bonchev–Trinajstić information content (AvgIpc) is 2.79. The molecule has 1 atom stereocenters. The SMILES string of the molecule is CN1CCCC(c2nn(-c3cccc(Cl)c3Cl)c3c2CCCCN3)C1. The number of hydrogen-bond donors (Lipinski definition) is 1. The molecule has 3 heterocycles. The number of rotatable bonds is 2. The van der Waals surface area contributed by atoms with E-state index in [1.807, 2.05) is 22.9 Å². The van der Waals surface area contributed by atoms with Crippen molar-refractivity contribution in [2.75, 3.05) is 32.0 Å². The lowest BCUT2D eigenvalue weighted by Crippen LogP contribution is -2.31. The molecule has 4 nitrogen and oxygen atoms in total. The van der Waals surface area contributed by atoms with E-state index in [2.05, 4.69) is 17.3 Å². The summed E-state index contributed by atoms with van der Waals surface area (Å²) in [4.78, 5) is 2.41. The molecule has 0 radical (unpaired) electrons. The standard InChI is InChI=1S/C19H24Cl2N4/c1-24-11-5-6-13(12-24)18-14-7-2-3-10-22-19(14)25(23-18)16-9-4-8-15(20)17(16)21/h4,8-9,13,22H,2-3,5-7,10-12H2,1H3. The van der Waals surface area contributed by atoms with Crippen LogP contribution in [0.3, 0.4) is 0 Å². The number of piperidine rings is 1. The highest BCUT2D eigenvalue weighted by Crippen LogP contribution is 2.37. The van der Waals surface area contributed by atoms with Gasteiger partial charge in [-0.2, -0.15) is 5.10 Å². The smallest absolute Gasteiger partial charge is 0.133 e. The van der Waals surface area contributed by atoms with E-state index in [0.29, 0.717) is 16.0 Å². The third-order valence-corrected chi connectivity index (χ3v) is 6.14. The fourth-order valence-corrected chi connectivity index (χ4v) is 4.45. The van der Waals surface area contributed by atoms with Gasteiger partial charge in [0.1, 0.15) is 5.82 Å². The van der Waals surface area contributed by atoms with Crippen LogP contribution in [0.15, 0.2) is 18.2 Å². The first-order valence-electron chi connectivity index (χ1n) is 9.13. The molecule has 2 aliphatic heterocycles. The van der Waals surface area contributed by atoms with E-state index in [-0.39, 0.29) is 0 Å². The number of likely N-dealkylation sites (N-methyl/N-ethyl adjacent to an activating group) is 1. The molecule has 25 heavy (non-hydrogen) atoms. The highest BCUT2D eigenvalue weighted by molar-refractivity contribution is 6.43. The first kappa shape index (κ1) is 17.2. The number of anilines is 1. The Morgan fingerprint density at radius 1 is 1.20 bits per heavy atom. The molecule has 2 aromatic rings. The molecule has 0 bridgehead atoms. The number of hydrogen-bond acceptors (Lipinski definition) is 3. The molecular formula is C19H24Cl2N4. The van der Waals surface area contributed by atoms with Crippen LogP contribution in [0, 0.1) is 0 Å². The van der Waals surface area contributed by atoms with Crippen LogP contribution in [0.4, 0.5) is 5.82 Å². The zero-order valence-corrected chi connectivity index (χ0v) is 16.1. The van der Waals surface area contributed by atoms with Gasteiger partial charge < -0.3 is 10.2 Å². The Balaban J connectivity index is 1.83. The van der Waals surface area contributed by atoms with Crippen LogP contribution in [-0.4, -0.2) is 41.4 Å². The Labute approximate surface area is 159 Å². The molecule has 1 unspecified atom stereocenters. The summed E-state index contributed by atoms with van der Waals surface area (Å²) in [7, 11) is 2.20. The van der Waals surface area contributed by atoms with E-state index in [9.17, 15) is 0 Å². The van der Waals surface area contributed by atoms with Crippen molar-refractivity contribution in [3.63, 3.8) is 0 Å². The van der Waals surface area contributed by atoms with Gasteiger partial charge in [-0.1, -0.05) is 29.3 Å². The molecule has 1 N–H and O–H groups in total. The number of benzene rings is 1. The maximum Gasteiger partial charge on any atom is 0.133 e. The molecule has 0 spiro atoms. The molecule has 6 heteroatoms. The molecule has 0 amide bonds. The number of likely N-dealkylation sites (tertiary alicyclic amines) is 1. The lowest BCUT2D eigenvalue weighted by Gasteiger charge is -2.29. The molecular weight excluding hydrogens is 355 g/mol. The zero-order chi connectivity index (χ0) is 17.4. The van der Waals surface area contributed by atoms with Gasteiger partial charge in [0.2, 0.25) is 0 Å². The van der Waals surface area contributed by atoms with Crippen molar-refractivity contribution in [2.24, 2.45) is 0 Å². The Bertz CT molecular complexity index is 771. The normalized spacial score (nSPS) is 21.5. The number of halogens is 2. The van der Waals surface area contributed by atoms with Crippen molar-refractivity contribution in [2.45, 2.75) is 38.0 Å². The maximum atomic E-state index is 6.50. The van der Waals surface area contributed by atoms with E-state index in [1.54, 1.807) is 0 Å². The summed E-state index contributed by atoms with van der Waals surface area (Å²) >= 11 is 12.8. The van der Waals surface area contributed by atoms with Crippen molar-refractivity contribution in [1.82, 2.24) is 14.7 Å². The summed E-state index contributed by atoms with van der Waals surface area (Å²) in [6.07, 6.45) is 5.90. The molecule has 2 aliphatic rings. The van der Waals surface area contributed by atoms with E-state index in [1.165, 1.54) is 43.5 Å². The third kappa shape index (κ3) is 3.27. The summed E-state index contributed by atoms with van der Waals surface area (Å²) in [5.41, 5.74) is 3.47. The van der Waals surface area contributed by atoms with Gasteiger partial charge in [0.15, 0.2) is 0 Å². The molecule has 0 saturated carbocycles. The Hall–Kier alpha value is -1.23. The minimum Gasteiger partial charge on any atom is -0.370 e. The molecule has 0 aliphatic carbocycles. The largest absolute Gasteiger partial charge is 0.370 e. The lowest BCUT2D eigenvalue weighted by atomic mass is 9.91. The van der Waals surface area contributed by atoms with Gasteiger partial charge in [0, 0.05) is 24.6 Å². The van der Waals surface area contributed by atoms with Crippen molar-refractivity contribution < 1.29 is 0 Å². The van der Waals surface area contributed by atoms with Crippen LogP contribution < -0.4 is 5.32 Å². The van der Waals surface area contributed by atoms with Crippen molar-refractivity contribution in [3.05, 3.63) is 39.5 Å². The van der Waals surface area contributed by atoms with E-state index < -0.39 is 0 Å². The Kier molecular flexibility index (Phi) is 4.94. The second-order valence-electron chi connectivity index (χ2n) is 7.18. The average molecular weight is 379 g/mol. The minimum absolute atomic E-state index is 0.492. The Morgan fingerprint density at radius 2 is 2.08 bits per heavy atom. The second-order valence-corrected chi connectivity index (χ2v) is 7.97. The Morgan fingerprint density at radius 3 is 2.92 bits per heavy atom. The fourth-order valence-electron chi connectivity index (χ4n) is 4.08. The summed E-state index contributed by atoms with van der Waals surface area (Å²) in [6, 6.07) is 5.74. The van der Waals surface area contributed by atoms with E-state index in [4.69, 9.17) is 28.3 Å². The lowest BCUT2D eigenvalue weighted by molar-refractivity contribution is 0.247. The van der Waals surface area contributed by atoms with Crippen LogP contribution in [0.2, 0.25) is 10.0 Å². The molecule has 1 aromatic heterocycles. The summed E-state index contributed by atoms with van der Waals surface area (Å²) in [5, 5.41) is 9.77. The van der Waals surface area contributed by atoms with E-state index >= 15 is 0 Å². The van der Waals surface area contributed by atoms with Crippen molar-refractivity contribution in [3.8, 4) is 5.69 Å². The molecule has 1 saturated heterocycles. The molecule has 134 valence electrons. The quantitative estimate of drug-likeness (QED) is 0.819.